The molecule has 1 heterocycles. The summed E-state index contributed by atoms with van der Waals surface area (Å²) in [5.74, 6) is -0.675. The van der Waals surface area contributed by atoms with Crippen LogP contribution in [0.3, 0.4) is 0 Å². The third-order valence-electron chi connectivity index (χ3n) is 3.24. The maximum atomic E-state index is 12.2. The van der Waals surface area contributed by atoms with Gasteiger partial charge in [-0.1, -0.05) is 30.3 Å². The molecular formula is C15H17ClF3N3OS. The summed E-state index contributed by atoms with van der Waals surface area (Å²) in [6.07, 6.45) is -3.57. The van der Waals surface area contributed by atoms with E-state index in [4.69, 9.17) is 11.6 Å². The maximum Gasteiger partial charge on any atom is 0.405 e. The average Bonchev–Trinajstić information content (AvgIpc) is 2.81. The van der Waals surface area contributed by atoms with Gasteiger partial charge in [-0.15, -0.1) is 0 Å². The number of nitrogens with one attached hydrogen (secondary N) is 1. The van der Waals surface area contributed by atoms with Gasteiger partial charge in [-0.3, -0.25) is 4.79 Å². The number of carbonyl (C=O) groups is 1. The van der Waals surface area contributed by atoms with Gasteiger partial charge in [0.25, 0.3) is 0 Å². The summed E-state index contributed by atoms with van der Waals surface area (Å²) in [5, 5.41) is 2.33. The Hall–Kier alpha value is -1.41. The third kappa shape index (κ3) is 4.80. The van der Waals surface area contributed by atoms with Crippen LogP contribution in [0.15, 0.2) is 23.4 Å². The van der Waals surface area contributed by atoms with Crippen LogP contribution in [0.25, 0.3) is 11.0 Å². The molecule has 0 saturated carbocycles. The maximum absolute atomic E-state index is 12.2. The SMILES string of the molecule is CCCn1c(SC(C)C(=O)NCC(F)(F)F)nc2cc(Cl)ccc21. The lowest BCUT2D eigenvalue weighted by molar-refractivity contribution is -0.137. The molecule has 0 fully saturated rings. The zero-order valence-corrected chi connectivity index (χ0v) is 14.7. The lowest BCUT2D eigenvalue weighted by atomic mass is 10.3. The Morgan fingerprint density at radius 2 is 2.17 bits per heavy atom. The molecule has 0 aliphatic heterocycles. The number of rotatable bonds is 6. The van der Waals surface area contributed by atoms with Crippen molar-refractivity contribution < 1.29 is 18.0 Å². The lowest BCUT2D eigenvalue weighted by Crippen LogP contribution is -2.38. The number of halogens is 4. The molecule has 2 rings (SSSR count). The molecule has 1 atom stereocenters. The fourth-order valence-corrected chi connectivity index (χ4v) is 3.29. The van der Waals surface area contributed by atoms with Crippen LogP contribution in [0.1, 0.15) is 20.3 Å². The molecule has 132 valence electrons. The standard InChI is InChI=1S/C15H17ClF3N3OS/c1-3-6-22-12-5-4-10(16)7-11(12)21-14(22)24-9(2)13(23)20-8-15(17,18)19/h4-5,7,9H,3,6,8H2,1-2H3,(H,20,23). The molecule has 0 saturated heterocycles. The second-order valence-corrected chi connectivity index (χ2v) is 7.02. The summed E-state index contributed by atoms with van der Waals surface area (Å²) in [7, 11) is 0. The highest BCUT2D eigenvalue weighted by Gasteiger charge is 2.29. The summed E-state index contributed by atoms with van der Waals surface area (Å²) in [6, 6.07) is 5.33. The Morgan fingerprint density at radius 3 is 2.79 bits per heavy atom. The van der Waals surface area contributed by atoms with Crippen molar-refractivity contribution in [1.82, 2.24) is 14.9 Å². The molecule has 4 nitrogen and oxygen atoms in total. The molecule has 1 aromatic heterocycles. The van der Waals surface area contributed by atoms with Crippen molar-refractivity contribution in [1.29, 1.82) is 0 Å². The number of fused-ring (bicyclic) bond motifs is 1. The fourth-order valence-electron chi connectivity index (χ4n) is 2.15. The van der Waals surface area contributed by atoms with E-state index in [1.807, 2.05) is 22.9 Å². The molecule has 1 unspecified atom stereocenters. The Bertz CT molecular complexity index is 733. The number of hydrogen-bond acceptors (Lipinski definition) is 3. The van der Waals surface area contributed by atoms with Crippen LogP contribution < -0.4 is 5.32 Å². The van der Waals surface area contributed by atoms with Crippen LogP contribution in [-0.4, -0.2) is 33.4 Å². The van der Waals surface area contributed by atoms with Crippen LogP contribution in [0.5, 0.6) is 0 Å². The van der Waals surface area contributed by atoms with E-state index in [-0.39, 0.29) is 0 Å². The van der Waals surface area contributed by atoms with Crippen molar-refractivity contribution in [3.63, 3.8) is 0 Å². The van der Waals surface area contributed by atoms with Crippen LogP contribution in [0, 0.1) is 0 Å². The van der Waals surface area contributed by atoms with Gasteiger partial charge in [0, 0.05) is 11.6 Å². The third-order valence-corrected chi connectivity index (χ3v) is 4.56. The number of benzene rings is 1. The van der Waals surface area contributed by atoms with Gasteiger partial charge in [0.05, 0.1) is 16.3 Å². The van der Waals surface area contributed by atoms with E-state index in [1.54, 1.807) is 19.1 Å². The summed E-state index contributed by atoms with van der Waals surface area (Å²) < 4.78 is 38.5. The quantitative estimate of drug-likeness (QED) is 0.763. The van der Waals surface area contributed by atoms with Crippen molar-refractivity contribution in [2.75, 3.05) is 6.54 Å². The first-order valence-corrected chi connectivity index (χ1v) is 8.64. The van der Waals surface area contributed by atoms with Crippen LogP contribution >= 0.6 is 23.4 Å². The van der Waals surface area contributed by atoms with Gasteiger partial charge in [0.1, 0.15) is 6.54 Å². The number of carbonyl (C=O) groups excluding carboxylic acids is 1. The Kier molecular flexibility index (Phi) is 6.03. The molecule has 9 heteroatoms. The van der Waals surface area contributed by atoms with Crippen LogP contribution in [0.2, 0.25) is 5.02 Å². The number of imidazole rings is 1. The smallest absolute Gasteiger partial charge is 0.346 e. The fraction of sp³-hybridized carbons (Fsp3) is 0.467. The molecule has 1 aromatic carbocycles. The van der Waals surface area contributed by atoms with E-state index in [1.165, 1.54) is 0 Å². The predicted molar refractivity (Wildman–Crippen MR) is 89.4 cm³/mol. The van der Waals surface area contributed by atoms with Crippen molar-refractivity contribution >= 4 is 40.3 Å². The number of hydrogen-bond donors (Lipinski definition) is 1. The zero-order chi connectivity index (χ0) is 17.9. The molecular weight excluding hydrogens is 363 g/mol. The predicted octanol–water partition coefficient (Wildman–Crippen LogP) is 4.26. The Labute approximate surface area is 146 Å². The van der Waals surface area contributed by atoms with Crippen molar-refractivity contribution in [2.24, 2.45) is 0 Å². The minimum atomic E-state index is -4.42. The van der Waals surface area contributed by atoms with Gasteiger partial charge in [-0.05, 0) is 31.5 Å². The summed E-state index contributed by atoms with van der Waals surface area (Å²) in [5.41, 5.74) is 1.58. The van der Waals surface area contributed by atoms with E-state index < -0.39 is 23.9 Å². The van der Waals surface area contributed by atoms with E-state index in [0.717, 1.165) is 23.7 Å². The number of aryl methyl sites for hydroxylation is 1. The molecule has 1 N–H and O–H groups in total. The second kappa shape index (κ2) is 7.65. The van der Waals surface area contributed by atoms with Crippen LogP contribution in [-0.2, 0) is 11.3 Å². The number of amides is 1. The first kappa shape index (κ1) is 18.9. The minimum absolute atomic E-state index is 0.552. The van der Waals surface area contributed by atoms with Gasteiger partial charge in [-0.25, -0.2) is 4.98 Å². The largest absolute Gasteiger partial charge is 0.405 e. The van der Waals surface area contributed by atoms with E-state index in [9.17, 15) is 18.0 Å². The van der Waals surface area contributed by atoms with E-state index in [0.29, 0.717) is 22.2 Å². The molecule has 24 heavy (non-hydrogen) atoms. The molecule has 0 aliphatic carbocycles. The second-order valence-electron chi connectivity index (χ2n) is 5.27. The zero-order valence-electron chi connectivity index (χ0n) is 13.2. The van der Waals surface area contributed by atoms with E-state index >= 15 is 0 Å². The summed E-state index contributed by atoms with van der Waals surface area (Å²) in [6.45, 7) is 2.92. The summed E-state index contributed by atoms with van der Waals surface area (Å²) in [4.78, 5) is 16.3. The topological polar surface area (TPSA) is 46.9 Å². The molecule has 0 spiro atoms. The molecule has 1 amide bonds. The van der Waals surface area contributed by atoms with Crippen molar-refractivity contribution in [3.05, 3.63) is 23.2 Å². The lowest BCUT2D eigenvalue weighted by Gasteiger charge is -2.14. The number of thioether (sulfide) groups is 1. The van der Waals surface area contributed by atoms with E-state index in [2.05, 4.69) is 4.98 Å². The van der Waals surface area contributed by atoms with Crippen LogP contribution in [0.4, 0.5) is 13.2 Å². The van der Waals surface area contributed by atoms with Gasteiger partial charge in [0.15, 0.2) is 5.16 Å². The average molecular weight is 380 g/mol. The van der Waals surface area contributed by atoms with Gasteiger partial charge >= 0.3 is 6.18 Å². The molecule has 0 radical (unpaired) electrons. The van der Waals surface area contributed by atoms with Crippen molar-refractivity contribution in [3.8, 4) is 0 Å². The number of aromatic nitrogens is 2. The van der Waals surface area contributed by atoms with Crippen molar-refractivity contribution in [2.45, 2.75) is 43.4 Å². The summed E-state index contributed by atoms with van der Waals surface area (Å²) >= 11 is 7.10. The molecule has 0 bridgehead atoms. The normalized spacial score (nSPS) is 13.2. The monoisotopic (exact) mass is 379 g/mol. The molecule has 2 aromatic rings. The Balaban J connectivity index is 2.18. The number of nitrogens with zero attached hydrogens (tertiary/aromatic N) is 2. The van der Waals surface area contributed by atoms with Gasteiger partial charge < -0.3 is 9.88 Å². The highest BCUT2D eigenvalue weighted by Crippen LogP contribution is 2.29. The highest BCUT2D eigenvalue weighted by atomic mass is 35.5. The number of alkyl halides is 3. The van der Waals surface area contributed by atoms with Gasteiger partial charge in [-0.2, -0.15) is 13.2 Å². The molecule has 0 aliphatic rings. The first-order chi connectivity index (χ1) is 11.2. The first-order valence-electron chi connectivity index (χ1n) is 7.38. The van der Waals surface area contributed by atoms with Gasteiger partial charge in [0.2, 0.25) is 5.91 Å². The highest BCUT2D eigenvalue weighted by molar-refractivity contribution is 8.00. The minimum Gasteiger partial charge on any atom is -0.346 e. The Morgan fingerprint density at radius 1 is 1.46 bits per heavy atom.